The lowest BCUT2D eigenvalue weighted by atomic mass is 9.80. The lowest BCUT2D eigenvalue weighted by Gasteiger charge is -2.26. The maximum absolute atomic E-state index is 14.5. The largest absolute Gasteiger partial charge is 0.298 e. The molecular formula is C21H21F3O. The monoisotopic (exact) mass is 346 g/mol. The van der Waals surface area contributed by atoms with Gasteiger partial charge >= 0.3 is 0 Å². The van der Waals surface area contributed by atoms with Gasteiger partial charge in [0.1, 0.15) is 17.5 Å². The first-order valence-corrected chi connectivity index (χ1v) is 8.71. The van der Waals surface area contributed by atoms with Gasteiger partial charge in [-0.2, -0.15) is 0 Å². The third kappa shape index (κ3) is 3.94. The van der Waals surface area contributed by atoms with Crippen LogP contribution >= 0.6 is 0 Å². The summed E-state index contributed by atoms with van der Waals surface area (Å²) in [5, 5.41) is 0. The zero-order chi connectivity index (χ0) is 18.0. The molecule has 25 heavy (non-hydrogen) atoms. The van der Waals surface area contributed by atoms with E-state index < -0.39 is 23.0 Å². The molecule has 0 aromatic heterocycles. The minimum atomic E-state index is -0.982. The first-order valence-electron chi connectivity index (χ1n) is 8.71. The summed E-state index contributed by atoms with van der Waals surface area (Å²) in [5.41, 5.74) is 0.506. The Morgan fingerprint density at radius 1 is 0.960 bits per heavy atom. The molecule has 1 aliphatic carbocycles. The molecule has 1 saturated carbocycles. The number of benzene rings is 2. The Morgan fingerprint density at radius 3 is 2.16 bits per heavy atom. The minimum Gasteiger partial charge on any atom is -0.298 e. The Bertz CT molecular complexity index is 754. The van der Waals surface area contributed by atoms with Crippen LogP contribution in [0.15, 0.2) is 30.3 Å². The molecule has 0 unspecified atom stereocenters. The van der Waals surface area contributed by atoms with Crippen molar-refractivity contribution < 1.29 is 18.0 Å². The van der Waals surface area contributed by atoms with Crippen LogP contribution in [0.4, 0.5) is 13.2 Å². The SMILES string of the molecule is CC1CCC(Cc2ccc(-c3cc(F)c(C=O)c(F)c3)c(F)c2)CC1. The molecule has 0 aliphatic heterocycles. The van der Waals surface area contributed by atoms with E-state index in [1.165, 1.54) is 18.9 Å². The molecule has 0 spiro atoms. The zero-order valence-electron chi connectivity index (χ0n) is 14.2. The van der Waals surface area contributed by atoms with Gasteiger partial charge in [-0.1, -0.05) is 31.9 Å². The molecule has 132 valence electrons. The quantitative estimate of drug-likeness (QED) is 0.625. The number of rotatable bonds is 4. The maximum atomic E-state index is 14.5. The molecule has 0 saturated heterocycles. The number of carbonyl (C=O) groups is 1. The summed E-state index contributed by atoms with van der Waals surface area (Å²) in [6, 6.07) is 6.82. The highest BCUT2D eigenvalue weighted by Crippen LogP contribution is 2.32. The second-order valence-corrected chi connectivity index (χ2v) is 7.12. The molecule has 4 heteroatoms. The van der Waals surface area contributed by atoms with Crippen molar-refractivity contribution in [2.24, 2.45) is 11.8 Å². The van der Waals surface area contributed by atoms with E-state index in [0.29, 0.717) is 5.92 Å². The van der Waals surface area contributed by atoms with Crippen LogP contribution in [0.25, 0.3) is 11.1 Å². The van der Waals surface area contributed by atoms with Crippen LogP contribution in [-0.4, -0.2) is 6.29 Å². The fraction of sp³-hybridized carbons (Fsp3) is 0.381. The number of hydrogen-bond acceptors (Lipinski definition) is 1. The number of aldehydes is 1. The summed E-state index contributed by atoms with van der Waals surface area (Å²) in [4.78, 5) is 10.7. The van der Waals surface area contributed by atoms with Crippen molar-refractivity contribution in [1.29, 1.82) is 0 Å². The zero-order valence-corrected chi connectivity index (χ0v) is 14.2. The third-order valence-electron chi connectivity index (χ3n) is 5.20. The van der Waals surface area contributed by atoms with Crippen LogP contribution in [-0.2, 0) is 6.42 Å². The Balaban J connectivity index is 1.81. The van der Waals surface area contributed by atoms with Gasteiger partial charge in [0.2, 0.25) is 0 Å². The van der Waals surface area contributed by atoms with Gasteiger partial charge in [-0.05, 0) is 60.4 Å². The van der Waals surface area contributed by atoms with E-state index in [2.05, 4.69) is 6.92 Å². The molecule has 0 heterocycles. The number of halogens is 3. The second kappa shape index (κ2) is 7.42. The highest BCUT2D eigenvalue weighted by Gasteiger charge is 2.19. The molecule has 0 radical (unpaired) electrons. The maximum Gasteiger partial charge on any atom is 0.155 e. The van der Waals surface area contributed by atoms with Gasteiger partial charge in [0.25, 0.3) is 0 Å². The topological polar surface area (TPSA) is 17.1 Å². The fourth-order valence-electron chi connectivity index (χ4n) is 3.64. The fourth-order valence-corrected chi connectivity index (χ4v) is 3.64. The van der Waals surface area contributed by atoms with E-state index >= 15 is 0 Å². The Hall–Kier alpha value is -2.10. The molecule has 1 fully saturated rings. The van der Waals surface area contributed by atoms with Crippen molar-refractivity contribution in [1.82, 2.24) is 0 Å². The van der Waals surface area contributed by atoms with Gasteiger partial charge in [-0.25, -0.2) is 13.2 Å². The Morgan fingerprint density at radius 2 is 1.60 bits per heavy atom. The first-order chi connectivity index (χ1) is 12.0. The third-order valence-corrected chi connectivity index (χ3v) is 5.20. The van der Waals surface area contributed by atoms with Crippen LogP contribution in [0.1, 0.15) is 48.5 Å². The summed E-state index contributed by atoms with van der Waals surface area (Å²) in [7, 11) is 0. The number of hydrogen-bond donors (Lipinski definition) is 0. The molecule has 0 amide bonds. The molecule has 0 N–H and O–H groups in total. The Labute approximate surface area is 145 Å². The van der Waals surface area contributed by atoms with Crippen LogP contribution < -0.4 is 0 Å². The van der Waals surface area contributed by atoms with Crippen molar-refractivity contribution in [3.8, 4) is 11.1 Å². The molecule has 1 nitrogen and oxygen atoms in total. The van der Waals surface area contributed by atoms with Crippen LogP contribution in [0.3, 0.4) is 0 Å². The predicted octanol–water partition coefficient (Wildman–Crippen LogP) is 5.95. The average molecular weight is 346 g/mol. The van der Waals surface area contributed by atoms with Crippen molar-refractivity contribution >= 4 is 6.29 Å². The lowest BCUT2D eigenvalue weighted by molar-refractivity contribution is 0.111. The van der Waals surface area contributed by atoms with Crippen LogP contribution in [0.2, 0.25) is 0 Å². The van der Waals surface area contributed by atoms with E-state index in [0.717, 1.165) is 42.9 Å². The van der Waals surface area contributed by atoms with E-state index in [9.17, 15) is 18.0 Å². The molecule has 3 rings (SSSR count). The van der Waals surface area contributed by atoms with E-state index in [1.807, 2.05) is 6.07 Å². The van der Waals surface area contributed by atoms with Gasteiger partial charge in [-0.3, -0.25) is 4.79 Å². The second-order valence-electron chi connectivity index (χ2n) is 7.12. The summed E-state index contributed by atoms with van der Waals surface area (Å²) in [6.45, 7) is 2.26. The van der Waals surface area contributed by atoms with Crippen molar-refractivity contribution in [3.05, 3.63) is 58.9 Å². The standard InChI is InChI=1S/C21H21F3O/c1-13-2-4-14(5-3-13)8-15-6-7-17(19(22)9-15)16-10-20(23)18(12-25)21(24)11-16/h6-7,9-14H,2-5,8H2,1H3. The summed E-state index contributed by atoms with van der Waals surface area (Å²) in [5.74, 6) is -1.12. The minimum absolute atomic E-state index is 0.0936. The molecular weight excluding hydrogens is 325 g/mol. The van der Waals surface area contributed by atoms with Gasteiger partial charge in [0, 0.05) is 5.56 Å². The van der Waals surface area contributed by atoms with E-state index in [-0.39, 0.29) is 17.4 Å². The molecule has 0 atom stereocenters. The van der Waals surface area contributed by atoms with Crippen LogP contribution in [0, 0.1) is 29.3 Å². The smallest absolute Gasteiger partial charge is 0.155 e. The first kappa shape index (κ1) is 17.7. The molecule has 2 aromatic rings. The summed E-state index contributed by atoms with van der Waals surface area (Å²) in [6.07, 6.45) is 5.71. The average Bonchev–Trinajstić information content (AvgIpc) is 2.57. The summed E-state index contributed by atoms with van der Waals surface area (Å²) < 4.78 is 42.0. The summed E-state index contributed by atoms with van der Waals surface area (Å²) >= 11 is 0. The van der Waals surface area contributed by atoms with Crippen LogP contribution in [0.5, 0.6) is 0 Å². The van der Waals surface area contributed by atoms with Crippen molar-refractivity contribution in [2.45, 2.75) is 39.0 Å². The highest BCUT2D eigenvalue weighted by atomic mass is 19.1. The molecule has 1 aliphatic rings. The lowest BCUT2D eigenvalue weighted by Crippen LogP contribution is -2.14. The van der Waals surface area contributed by atoms with E-state index in [4.69, 9.17) is 0 Å². The van der Waals surface area contributed by atoms with Gasteiger partial charge in [-0.15, -0.1) is 0 Å². The van der Waals surface area contributed by atoms with E-state index in [1.54, 1.807) is 6.07 Å². The van der Waals surface area contributed by atoms with Crippen molar-refractivity contribution in [3.63, 3.8) is 0 Å². The highest BCUT2D eigenvalue weighted by molar-refractivity contribution is 5.78. The van der Waals surface area contributed by atoms with Gasteiger partial charge < -0.3 is 0 Å². The van der Waals surface area contributed by atoms with Gasteiger partial charge in [0.15, 0.2) is 6.29 Å². The molecule has 0 bridgehead atoms. The molecule has 2 aromatic carbocycles. The Kier molecular flexibility index (Phi) is 5.26. The van der Waals surface area contributed by atoms with Gasteiger partial charge in [0.05, 0.1) is 5.56 Å². The normalized spacial score (nSPS) is 20.5. The predicted molar refractivity (Wildman–Crippen MR) is 92.0 cm³/mol. The number of carbonyl (C=O) groups excluding carboxylic acids is 1. The van der Waals surface area contributed by atoms with Crippen molar-refractivity contribution in [2.75, 3.05) is 0 Å².